The number of hydrogen-bond acceptors (Lipinski definition) is 24. The normalized spacial score (nSPS) is 9.14. The molecular weight excluding hydrogens is 960 g/mol. The molecule has 24 nitrogen and oxygen atoms in total. The summed E-state index contributed by atoms with van der Waals surface area (Å²) >= 11 is 0. The minimum Gasteiger partial charge on any atom is -0.545 e. The van der Waals surface area contributed by atoms with Crippen molar-refractivity contribution in [3.05, 3.63) is 140 Å². The summed E-state index contributed by atoms with van der Waals surface area (Å²) in [6.07, 6.45) is 0. The van der Waals surface area contributed by atoms with Crippen LogP contribution in [0.15, 0.2) is 72.8 Å². The van der Waals surface area contributed by atoms with Crippen molar-refractivity contribution in [3.63, 3.8) is 0 Å². The first kappa shape index (κ1) is 60.0. The van der Waals surface area contributed by atoms with Crippen molar-refractivity contribution in [2.45, 2.75) is 0 Å². The van der Waals surface area contributed by atoms with Gasteiger partial charge >= 0.3 is 65.2 Å². The second-order valence-electron chi connectivity index (χ2n) is 10.5. The summed E-state index contributed by atoms with van der Waals surface area (Å²) in [6.45, 7) is 0. The quantitative estimate of drug-likeness (QED) is 0.119. The molecule has 0 bridgehead atoms. The van der Waals surface area contributed by atoms with Crippen molar-refractivity contribution in [2.24, 2.45) is 0 Å². The van der Waals surface area contributed by atoms with E-state index in [1.54, 1.807) is 0 Å². The Morgan fingerprint density at radius 3 is 0.429 bits per heavy atom. The van der Waals surface area contributed by atoms with Crippen LogP contribution in [0, 0.1) is 0 Å². The van der Waals surface area contributed by atoms with Gasteiger partial charge in [0.1, 0.15) is 0 Å². The topological polar surface area (TPSA) is 482 Å². The Labute approximate surface area is 392 Å². The fourth-order valence-electron chi connectivity index (χ4n) is 4.07. The summed E-state index contributed by atoms with van der Waals surface area (Å²) in [5.74, 6) is -20.5. The number of hydrogen-bond donors (Lipinski definition) is 0. The SMILES string of the molecule is O=C([O-])c1ccc(C(=O)[O-])c(C(=O)[O-])c1.O=C([O-])c1ccc(C(=O)[O-])c(C(=O)[O-])c1.O=C([O-])c1ccc(C(=O)[O-])c(C(=O)[O-])c1.O=C([O-])c1ccc(C(=O)[O-])c(C(=O)[O-])c1.[Ti+4].[Ti+4].[Ti+4]. The van der Waals surface area contributed by atoms with E-state index in [0.29, 0.717) is 24.3 Å². The van der Waals surface area contributed by atoms with E-state index in [-0.39, 0.29) is 65.2 Å². The molecule has 4 aromatic rings. The number of aromatic carboxylic acids is 12. The third-order valence-corrected chi connectivity index (χ3v) is 6.78. The second-order valence-corrected chi connectivity index (χ2v) is 10.5. The zero-order valence-corrected chi connectivity index (χ0v) is 34.9. The summed E-state index contributed by atoms with van der Waals surface area (Å²) < 4.78 is 0. The van der Waals surface area contributed by atoms with Crippen molar-refractivity contribution in [2.75, 3.05) is 0 Å². The van der Waals surface area contributed by atoms with Gasteiger partial charge in [-0.1, -0.05) is 48.5 Å². The summed E-state index contributed by atoms with van der Waals surface area (Å²) in [6, 6.07) is 9.48. The molecule has 0 saturated heterocycles. The molecule has 0 fully saturated rings. The number of rotatable bonds is 12. The average molecular weight is 972 g/mol. The van der Waals surface area contributed by atoms with Gasteiger partial charge in [-0.2, -0.15) is 0 Å². The predicted octanol–water partition coefficient (Wildman–Crippen LogP) is -12.9. The fourth-order valence-corrected chi connectivity index (χ4v) is 4.07. The number of carboxylic acid groups (broad SMARTS) is 12. The van der Waals surface area contributed by atoms with Gasteiger partial charge in [-0.25, -0.2) is 0 Å². The van der Waals surface area contributed by atoms with Crippen LogP contribution in [-0.4, -0.2) is 71.6 Å². The maximum Gasteiger partial charge on any atom is 4.00 e. The van der Waals surface area contributed by atoms with Gasteiger partial charge in [-0.15, -0.1) is 0 Å². The molecule has 0 amide bonds. The van der Waals surface area contributed by atoms with Gasteiger partial charge < -0.3 is 119 Å². The molecule has 27 heteroatoms. The fraction of sp³-hybridized carbons (Fsp3) is 0. The van der Waals surface area contributed by atoms with E-state index >= 15 is 0 Å². The molecule has 0 atom stereocenters. The van der Waals surface area contributed by atoms with Crippen LogP contribution in [0.3, 0.4) is 0 Å². The number of carboxylic acids is 12. The standard InChI is InChI=1S/4C9H6O6.3Ti/c4*10-7(11)4-1-2-5(8(12)13)6(3-4)9(14)15;;;/h4*1-3H,(H,10,11)(H,12,13)(H,14,15);;;/q;;;;3*+4/p-12. The minimum atomic E-state index is -1.79. The first-order chi connectivity index (χ1) is 27.7. The summed E-state index contributed by atoms with van der Waals surface area (Å²) in [5.41, 5.74) is -7.35. The molecule has 4 rings (SSSR count). The Morgan fingerprint density at radius 1 is 0.206 bits per heavy atom. The maximum absolute atomic E-state index is 10.5. The van der Waals surface area contributed by atoms with Gasteiger partial charge in [-0.05, 0) is 46.5 Å². The van der Waals surface area contributed by atoms with E-state index < -0.39 is 138 Å². The zero-order valence-electron chi connectivity index (χ0n) is 30.2. The van der Waals surface area contributed by atoms with E-state index in [4.69, 9.17) is 0 Å². The smallest absolute Gasteiger partial charge is 0.545 e. The van der Waals surface area contributed by atoms with Crippen molar-refractivity contribution in [1.82, 2.24) is 0 Å². The van der Waals surface area contributed by atoms with Gasteiger partial charge in [0, 0.05) is 44.5 Å². The van der Waals surface area contributed by atoms with Crippen LogP contribution in [0.1, 0.15) is 124 Å². The average Bonchev–Trinajstić information content (AvgIpc) is 3.17. The third kappa shape index (κ3) is 17.7. The van der Waals surface area contributed by atoms with E-state index in [1.807, 2.05) is 0 Å². The zero-order chi connectivity index (χ0) is 46.3. The Bertz CT molecular complexity index is 2150. The first-order valence-corrected chi connectivity index (χ1v) is 14.9. The minimum absolute atomic E-state index is 0. The summed E-state index contributed by atoms with van der Waals surface area (Å²) in [7, 11) is 0. The van der Waals surface area contributed by atoms with Crippen LogP contribution < -0.4 is 61.3 Å². The van der Waals surface area contributed by atoms with Crippen molar-refractivity contribution in [1.29, 1.82) is 0 Å². The molecule has 0 radical (unpaired) electrons. The molecule has 0 aliphatic rings. The Kier molecular flexibility index (Phi) is 25.5. The van der Waals surface area contributed by atoms with Crippen LogP contribution >= 0.6 is 0 Å². The van der Waals surface area contributed by atoms with Crippen LogP contribution in [0.5, 0.6) is 0 Å². The van der Waals surface area contributed by atoms with E-state index in [9.17, 15) is 119 Å². The van der Waals surface area contributed by atoms with Crippen molar-refractivity contribution >= 4 is 71.6 Å². The first-order valence-electron chi connectivity index (χ1n) is 14.9. The van der Waals surface area contributed by atoms with E-state index in [0.717, 1.165) is 48.5 Å². The van der Waals surface area contributed by atoms with Crippen molar-refractivity contribution < 1.29 is 184 Å². The van der Waals surface area contributed by atoms with Crippen molar-refractivity contribution in [3.8, 4) is 0 Å². The Balaban J connectivity index is -0.000000750. The molecule has 4 aromatic carbocycles. The molecule has 0 aliphatic heterocycles. The van der Waals surface area contributed by atoms with Gasteiger partial charge in [0.25, 0.3) is 0 Å². The van der Waals surface area contributed by atoms with Gasteiger partial charge in [-0.3, -0.25) is 0 Å². The third-order valence-electron chi connectivity index (χ3n) is 6.78. The molecule has 0 aromatic heterocycles. The molecule has 0 saturated carbocycles. The predicted molar refractivity (Wildman–Crippen MR) is 158 cm³/mol. The molecule has 0 spiro atoms. The molecule has 0 N–H and O–H groups in total. The second kappa shape index (κ2) is 26.8. The van der Waals surface area contributed by atoms with Gasteiger partial charge in [0.2, 0.25) is 0 Å². The molecule has 0 aliphatic carbocycles. The van der Waals surface area contributed by atoms with Crippen LogP contribution in [0.2, 0.25) is 0 Å². The molecule has 0 unspecified atom stereocenters. The molecule has 0 heterocycles. The number of carbonyl (C=O) groups is 12. The van der Waals surface area contributed by atoms with Crippen LogP contribution in [-0.2, 0) is 65.2 Å². The van der Waals surface area contributed by atoms with E-state index in [2.05, 4.69) is 0 Å². The molecule has 312 valence electrons. The summed E-state index contributed by atoms with van der Waals surface area (Å²) in [4.78, 5) is 125. The van der Waals surface area contributed by atoms with Gasteiger partial charge in [0.15, 0.2) is 0 Å². The molecular formula is C36H12O24Ti3. The molecule has 63 heavy (non-hydrogen) atoms. The maximum atomic E-state index is 10.5. The Morgan fingerprint density at radius 2 is 0.333 bits per heavy atom. The monoisotopic (exact) mass is 972 g/mol. The largest absolute Gasteiger partial charge is 4.00 e. The number of carbonyl (C=O) groups excluding carboxylic acids is 12. The van der Waals surface area contributed by atoms with Crippen LogP contribution in [0.4, 0.5) is 0 Å². The summed E-state index contributed by atoms with van der Waals surface area (Å²) in [5, 5.41) is 125. The number of benzene rings is 4. The van der Waals surface area contributed by atoms with Crippen LogP contribution in [0.25, 0.3) is 0 Å². The van der Waals surface area contributed by atoms with Gasteiger partial charge in [0.05, 0.1) is 71.6 Å². The Hall–Kier alpha value is -7.34. The van der Waals surface area contributed by atoms with E-state index in [1.165, 1.54) is 0 Å².